The molecule has 130 valence electrons. The quantitative estimate of drug-likeness (QED) is 0.455. The standard InChI is InChI=1S/C7H14.C5H10.3C2H6.2CH4/c1-5(2)7-4-6(7)3;1-4-3-5(4)2;3*1-2;;/h5-7H,4H2,1-3H3;4-5H,3H2,1-2H3;3*1-2H3;2*1H4/t6-,7+;4-,5+;;;;;/m0....../s1. The molecule has 2 rings (SSSR count). The molecule has 0 N–H and O–H groups in total. The van der Waals surface area contributed by atoms with Gasteiger partial charge < -0.3 is 0 Å². The van der Waals surface area contributed by atoms with E-state index in [9.17, 15) is 0 Å². The highest BCUT2D eigenvalue weighted by Gasteiger charge is 2.34. The van der Waals surface area contributed by atoms with E-state index in [4.69, 9.17) is 0 Å². The van der Waals surface area contributed by atoms with Crippen molar-refractivity contribution in [3.63, 3.8) is 0 Å². The van der Waals surface area contributed by atoms with Crippen LogP contribution in [-0.2, 0) is 0 Å². The van der Waals surface area contributed by atoms with E-state index in [1.807, 2.05) is 41.5 Å². The zero-order chi connectivity index (χ0) is 15.3. The van der Waals surface area contributed by atoms with E-state index >= 15 is 0 Å². The van der Waals surface area contributed by atoms with Gasteiger partial charge in [0.2, 0.25) is 0 Å². The third-order valence-electron chi connectivity index (χ3n) is 3.54. The van der Waals surface area contributed by atoms with Gasteiger partial charge in [0.25, 0.3) is 0 Å². The predicted molar refractivity (Wildman–Crippen MR) is 103 cm³/mol. The lowest BCUT2D eigenvalue weighted by Crippen LogP contribution is -1.89. The first kappa shape index (κ1) is 32.1. The molecule has 0 aromatic rings. The summed E-state index contributed by atoms with van der Waals surface area (Å²) in [5.41, 5.74) is 0. The Morgan fingerprint density at radius 3 is 0.800 bits per heavy atom. The van der Waals surface area contributed by atoms with Crippen LogP contribution in [0.4, 0.5) is 0 Å². The van der Waals surface area contributed by atoms with Crippen LogP contribution >= 0.6 is 0 Å². The van der Waals surface area contributed by atoms with Gasteiger partial charge in [0.05, 0.1) is 0 Å². The summed E-state index contributed by atoms with van der Waals surface area (Å²) in [6, 6.07) is 0. The van der Waals surface area contributed by atoms with E-state index in [1.165, 1.54) is 12.8 Å². The summed E-state index contributed by atoms with van der Waals surface area (Å²) < 4.78 is 0. The predicted octanol–water partition coefficient (Wildman–Crippen LogP) is 8.31. The summed E-state index contributed by atoms with van der Waals surface area (Å²) in [6.07, 6.45) is 2.96. The van der Waals surface area contributed by atoms with E-state index in [0.717, 1.165) is 29.6 Å². The fraction of sp³-hybridized carbons (Fsp3) is 1.00. The minimum absolute atomic E-state index is 0. The van der Waals surface area contributed by atoms with Gasteiger partial charge in [-0.05, 0) is 42.4 Å². The summed E-state index contributed by atoms with van der Waals surface area (Å²) in [6.45, 7) is 23.6. The van der Waals surface area contributed by atoms with Gasteiger partial charge in [0.1, 0.15) is 0 Å². The summed E-state index contributed by atoms with van der Waals surface area (Å²) >= 11 is 0. The third kappa shape index (κ3) is 20.3. The maximum atomic E-state index is 2.34. The second-order valence-corrected chi connectivity index (χ2v) is 5.31. The Morgan fingerprint density at radius 2 is 0.800 bits per heavy atom. The van der Waals surface area contributed by atoms with Crippen LogP contribution in [0, 0.1) is 29.6 Å². The van der Waals surface area contributed by atoms with Crippen molar-refractivity contribution in [3.8, 4) is 0 Å². The molecule has 0 radical (unpaired) electrons. The van der Waals surface area contributed by atoms with Crippen molar-refractivity contribution in [1.82, 2.24) is 0 Å². The summed E-state index contributed by atoms with van der Waals surface area (Å²) in [5, 5.41) is 0. The van der Waals surface area contributed by atoms with Gasteiger partial charge in [-0.3, -0.25) is 0 Å². The highest BCUT2D eigenvalue weighted by atomic mass is 14.4. The molecule has 0 aromatic carbocycles. The molecule has 2 saturated carbocycles. The molecule has 0 unspecified atom stereocenters. The lowest BCUT2D eigenvalue weighted by molar-refractivity contribution is 0.530. The van der Waals surface area contributed by atoms with Crippen molar-refractivity contribution in [2.45, 2.75) is 104 Å². The molecule has 4 atom stereocenters. The van der Waals surface area contributed by atoms with Crippen LogP contribution in [0.5, 0.6) is 0 Å². The number of hydrogen-bond acceptors (Lipinski definition) is 0. The first-order valence-electron chi connectivity index (χ1n) is 8.52. The monoisotopic (exact) mass is 290 g/mol. The maximum Gasteiger partial charge on any atom is -0.0363 e. The van der Waals surface area contributed by atoms with Gasteiger partial charge in [-0.25, -0.2) is 0 Å². The average Bonchev–Trinajstić information content (AvgIpc) is 3.29. The fourth-order valence-corrected chi connectivity index (χ4v) is 1.79. The van der Waals surface area contributed by atoms with E-state index in [2.05, 4.69) is 34.6 Å². The summed E-state index contributed by atoms with van der Waals surface area (Å²) in [7, 11) is 0. The third-order valence-corrected chi connectivity index (χ3v) is 3.54. The van der Waals surface area contributed by atoms with E-state index < -0.39 is 0 Å². The molecule has 0 aromatic heterocycles. The molecule has 0 spiro atoms. The van der Waals surface area contributed by atoms with Gasteiger partial charge in [0, 0.05) is 0 Å². The second kappa shape index (κ2) is 21.3. The lowest BCUT2D eigenvalue weighted by Gasteiger charge is -1.97. The number of rotatable bonds is 1. The first-order valence-corrected chi connectivity index (χ1v) is 8.52. The molecular formula is C20H50. The van der Waals surface area contributed by atoms with Gasteiger partial charge in [0.15, 0.2) is 0 Å². The largest absolute Gasteiger partial charge is 0.0776 e. The van der Waals surface area contributed by atoms with Crippen molar-refractivity contribution in [3.05, 3.63) is 0 Å². The van der Waals surface area contributed by atoms with Crippen molar-refractivity contribution >= 4 is 0 Å². The fourth-order valence-electron chi connectivity index (χ4n) is 1.79. The maximum absolute atomic E-state index is 2.34. The molecule has 0 amide bonds. The number of hydrogen-bond donors (Lipinski definition) is 0. The van der Waals surface area contributed by atoms with E-state index in [0.29, 0.717) is 0 Å². The van der Waals surface area contributed by atoms with E-state index in [-0.39, 0.29) is 14.9 Å². The highest BCUT2D eigenvalue weighted by Crippen LogP contribution is 2.43. The smallest absolute Gasteiger partial charge is 0.0363 e. The minimum Gasteiger partial charge on any atom is -0.0776 e. The molecule has 2 aliphatic carbocycles. The van der Waals surface area contributed by atoms with Crippen LogP contribution in [0.2, 0.25) is 0 Å². The normalized spacial score (nSPS) is 27.0. The molecule has 2 aliphatic rings. The van der Waals surface area contributed by atoms with Crippen LogP contribution < -0.4 is 0 Å². The van der Waals surface area contributed by atoms with Gasteiger partial charge in [-0.15, -0.1) is 0 Å². The van der Waals surface area contributed by atoms with Gasteiger partial charge in [-0.1, -0.05) is 91.0 Å². The molecule has 0 heteroatoms. The molecular weight excluding hydrogens is 240 g/mol. The Kier molecular flexibility index (Phi) is 34.2. The molecule has 0 aliphatic heterocycles. The molecule has 2 fully saturated rings. The van der Waals surface area contributed by atoms with Crippen LogP contribution in [0.25, 0.3) is 0 Å². The topological polar surface area (TPSA) is 0 Å². The Labute approximate surface area is 134 Å². The van der Waals surface area contributed by atoms with Crippen LogP contribution in [0.15, 0.2) is 0 Å². The van der Waals surface area contributed by atoms with Crippen LogP contribution in [-0.4, -0.2) is 0 Å². The molecule has 0 bridgehead atoms. The Morgan fingerprint density at radius 1 is 0.600 bits per heavy atom. The summed E-state index contributed by atoms with van der Waals surface area (Å²) in [4.78, 5) is 0. The lowest BCUT2D eigenvalue weighted by atomic mass is 10.1. The second-order valence-electron chi connectivity index (χ2n) is 5.31. The first-order chi connectivity index (χ1) is 8.52. The van der Waals surface area contributed by atoms with Crippen LogP contribution in [0.1, 0.15) is 104 Å². The van der Waals surface area contributed by atoms with Crippen molar-refractivity contribution in [2.75, 3.05) is 0 Å². The summed E-state index contributed by atoms with van der Waals surface area (Å²) in [5.74, 6) is 5.15. The molecule has 0 nitrogen and oxygen atoms in total. The van der Waals surface area contributed by atoms with Crippen molar-refractivity contribution in [1.29, 1.82) is 0 Å². The average molecular weight is 291 g/mol. The Balaban J connectivity index is -0.0000000519. The zero-order valence-corrected chi connectivity index (χ0v) is 15.3. The SMILES string of the molecule is C.C.CC.CC.CC.CC(C)[C@H]1C[C@@H]1C.C[C@@H]1C[C@@H]1C. The van der Waals surface area contributed by atoms with Crippen molar-refractivity contribution in [2.24, 2.45) is 29.6 Å². The van der Waals surface area contributed by atoms with Crippen LogP contribution in [0.3, 0.4) is 0 Å². The Bertz CT molecular complexity index is 131. The molecule has 0 saturated heterocycles. The molecule has 0 heterocycles. The Hall–Kier alpha value is 0. The highest BCUT2D eigenvalue weighted by molar-refractivity contribution is 4.84. The van der Waals surface area contributed by atoms with E-state index in [1.54, 1.807) is 0 Å². The minimum atomic E-state index is 0. The van der Waals surface area contributed by atoms with Gasteiger partial charge >= 0.3 is 0 Å². The molecule has 20 heavy (non-hydrogen) atoms. The van der Waals surface area contributed by atoms with Gasteiger partial charge in [-0.2, -0.15) is 0 Å². The zero-order valence-electron chi connectivity index (χ0n) is 15.3. The van der Waals surface area contributed by atoms with Crippen molar-refractivity contribution < 1.29 is 0 Å².